The predicted molar refractivity (Wildman–Crippen MR) is 216 cm³/mol. The maximum atomic E-state index is 3.97. The molecule has 0 unspecified atom stereocenters. The van der Waals surface area contributed by atoms with Crippen molar-refractivity contribution in [3.8, 4) is 0 Å². The van der Waals surface area contributed by atoms with E-state index in [1.165, 1.54) is 0 Å². The van der Waals surface area contributed by atoms with Crippen LogP contribution in [-0.4, -0.2) is 155 Å². The average molecular weight is 657 g/mol. The molecule has 0 saturated carbocycles. The van der Waals surface area contributed by atoms with Gasteiger partial charge < -0.3 is 122 Å². The largest absolute Gasteiger partial charge is 0.376 e. The third-order valence-electron chi connectivity index (χ3n) is 10.3. The number of nitrogens with one attached hydrogen (secondary N) is 21. The van der Waals surface area contributed by atoms with Crippen molar-refractivity contribution in [2.45, 2.75) is 34.1 Å². The number of rotatable bonds is 2. The van der Waals surface area contributed by atoms with E-state index < -0.39 is 0 Å². The highest BCUT2D eigenvalue weighted by Gasteiger charge is 2.58. The highest BCUT2D eigenvalue weighted by molar-refractivity contribution is 7.07. The fraction of sp³-hybridized carbons (Fsp3) is 1.00. The van der Waals surface area contributed by atoms with E-state index >= 15 is 0 Å². The first-order valence-corrected chi connectivity index (χ1v) is 17.8. The maximum absolute atomic E-state index is 3.97. The molecular weight excluding hydrogens is 615 g/mol. The summed E-state index contributed by atoms with van der Waals surface area (Å²) >= 11 is 0. The lowest BCUT2D eigenvalue weighted by molar-refractivity contribution is 0.762. The summed E-state index contributed by atoms with van der Waals surface area (Å²) in [5.74, 6) is 0. The molecule has 0 aromatic rings. The molecule has 244 valence electrons. The third-order valence-corrected chi connectivity index (χ3v) is 10.3. The summed E-state index contributed by atoms with van der Waals surface area (Å²) in [6.45, 7) is 10.9. The molecule has 0 aromatic heterocycles. The molecule has 42 heteroatoms. The first-order valence-electron chi connectivity index (χ1n) is 17.8. The Hall–Kier alpha value is 0.209. The van der Waals surface area contributed by atoms with Gasteiger partial charge in [-0.05, 0) is 14.1 Å². The van der Waals surface area contributed by atoms with Gasteiger partial charge in [0.25, 0.3) is 34.9 Å². The third kappa shape index (κ3) is 7.62. The molecule has 8 aliphatic heterocycles. The van der Waals surface area contributed by atoms with E-state index in [9.17, 15) is 0 Å². The van der Waals surface area contributed by atoms with Crippen molar-refractivity contribution >= 4 is 127 Å². The van der Waals surface area contributed by atoms with E-state index in [0.29, 0.717) is 0 Å². The van der Waals surface area contributed by atoms with Crippen molar-refractivity contribution in [3.05, 3.63) is 0 Å². The summed E-state index contributed by atoms with van der Waals surface area (Å²) in [6, 6.07) is 0. The van der Waals surface area contributed by atoms with E-state index in [0.717, 1.165) is 0 Å². The van der Waals surface area contributed by atoms with E-state index in [1.54, 1.807) is 0 Å². The number of hydrogen-bond donors (Lipinski definition) is 21. The Morgan fingerprint density at radius 2 is 0.735 bits per heavy atom. The van der Waals surface area contributed by atoms with Crippen LogP contribution in [0, 0.1) is 0 Å². The second-order valence-corrected chi connectivity index (χ2v) is 14.0. The lowest BCUT2D eigenvalue weighted by Gasteiger charge is -2.54. The van der Waals surface area contributed by atoms with Gasteiger partial charge in [0.1, 0.15) is 0 Å². The van der Waals surface area contributed by atoms with Crippen LogP contribution in [0.4, 0.5) is 0 Å². The zero-order valence-corrected chi connectivity index (χ0v) is 29.2. The Morgan fingerprint density at radius 3 is 1.31 bits per heavy atom. The molecule has 8 fully saturated rings. The minimum atomic E-state index is -0.345. The molecule has 0 aromatic carbocycles. The van der Waals surface area contributed by atoms with Crippen molar-refractivity contribution < 1.29 is 0 Å². The van der Waals surface area contributed by atoms with Crippen LogP contribution >= 0.6 is 0 Å². The molecular formula is C7H42B18N24. The zero-order valence-electron chi connectivity index (χ0n) is 29.2. The van der Waals surface area contributed by atoms with Gasteiger partial charge in [-0.15, -0.1) is 0 Å². The second-order valence-electron chi connectivity index (χ2n) is 14.0. The van der Waals surface area contributed by atoms with Gasteiger partial charge >= 0.3 is 92.5 Å². The summed E-state index contributed by atoms with van der Waals surface area (Å²) in [5.41, 5.74) is 0. The van der Waals surface area contributed by atoms with Gasteiger partial charge in [0.2, 0.25) is 0 Å². The van der Waals surface area contributed by atoms with E-state index in [1.807, 2.05) is 14.1 Å². The van der Waals surface area contributed by atoms with Crippen molar-refractivity contribution in [3.63, 3.8) is 0 Å². The molecule has 7 bridgehead atoms. The molecule has 8 aliphatic rings. The maximum Gasteiger partial charge on any atom is 0.376 e. The summed E-state index contributed by atoms with van der Waals surface area (Å²) in [6.07, 6.45) is 0. The second kappa shape index (κ2) is 15.2. The summed E-state index contributed by atoms with van der Waals surface area (Å²) < 4.78 is 7.01. The normalized spacial score (nSPS) is 26.8. The Balaban J connectivity index is 1.20. The molecule has 21 N–H and O–H groups in total. The minimum Gasteiger partial charge on any atom is -0.372 e. The highest BCUT2D eigenvalue weighted by Crippen LogP contribution is 2.10. The Bertz CT molecular complexity index is 1140. The number of nitrogens with zero attached hydrogens (tertiary/aromatic N) is 3. The van der Waals surface area contributed by atoms with E-state index in [4.69, 9.17) is 0 Å². The van der Waals surface area contributed by atoms with Crippen LogP contribution in [0.25, 0.3) is 0 Å². The number of fused-ring (bicyclic) bond motifs is 10. The van der Waals surface area contributed by atoms with Gasteiger partial charge in [-0.2, -0.15) is 0 Å². The molecule has 0 radical (unpaired) electrons. The Morgan fingerprint density at radius 1 is 0.327 bits per heavy atom. The Labute approximate surface area is 297 Å². The minimum absolute atomic E-state index is 0.0204. The first kappa shape index (κ1) is 36.2. The van der Waals surface area contributed by atoms with Gasteiger partial charge in [0.15, 0.2) is 0 Å². The van der Waals surface area contributed by atoms with Gasteiger partial charge in [-0.25, -0.2) is 0 Å². The van der Waals surface area contributed by atoms with Gasteiger partial charge in [0.05, 0.1) is 0 Å². The standard InChI is InChI=1S/C7H42B18N24/c1-8-28-12(5)47-19-32-9(2)29-14(41-19)37-16-39-17-38-15-36-13(26-6)40-24(42-15)48-18(27-7)30-10(3)33-21(48)46-23-35-11(4)34-22(45-20(47)31-8)49(23)25(43-16)44-17/h26-46H,1-7H3. The van der Waals surface area contributed by atoms with Crippen molar-refractivity contribution in [2.24, 2.45) is 0 Å². The SMILES string of the molecule is CNB1NB2NB3NB4NB5NB(C)NB(N5)N5B(C)NB(C)NB5NB5NB(C)NB(NB6NB(C)NB(NC)N6B(N1)N2)N5B(N4)N3. The lowest BCUT2D eigenvalue weighted by atomic mass is 9.40. The van der Waals surface area contributed by atoms with Gasteiger partial charge in [-0.1, -0.05) is 34.1 Å². The molecule has 0 atom stereocenters. The molecule has 8 rings (SSSR count). The summed E-state index contributed by atoms with van der Waals surface area (Å²) in [4.78, 5) is 0. The molecule has 49 heavy (non-hydrogen) atoms. The van der Waals surface area contributed by atoms with Crippen LogP contribution in [0.1, 0.15) is 0 Å². The molecule has 0 aliphatic carbocycles. The topological polar surface area (TPSA) is 262 Å². The lowest BCUT2D eigenvalue weighted by Crippen LogP contribution is -3.00. The van der Waals surface area contributed by atoms with Gasteiger partial charge in [-0.3, -0.25) is 0 Å². The monoisotopic (exact) mass is 661 g/mol. The average Bonchev–Trinajstić information content (AvgIpc) is 3.02. The van der Waals surface area contributed by atoms with Gasteiger partial charge in [0, 0.05) is 0 Å². The predicted octanol–water partition coefficient (Wildman–Crippen LogP) is -15.0. The Kier molecular flexibility index (Phi) is 11.2. The molecule has 0 spiro atoms. The molecule has 0 amide bonds. The van der Waals surface area contributed by atoms with Crippen molar-refractivity contribution in [2.75, 3.05) is 14.1 Å². The fourth-order valence-corrected chi connectivity index (χ4v) is 8.21. The first-order chi connectivity index (χ1) is 23.6. The van der Waals surface area contributed by atoms with Crippen LogP contribution in [0.15, 0.2) is 0 Å². The van der Waals surface area contributed by atoms with Crippen molar-refractivity contribution in [1.29, 1.82) is 0 Å². The van der Waals surface area contributed by atoms with Crippen LogP contribution in [0.2, 0.25) is 34.1 Å². The van der Waals surface area contributed by atoms with Crippen LogP contribution in [0.3, 0.4) is 0 Å². The van der Waals surface area contributed by atoms with E-state index in [-0.39, 0.29) is 127 Å². The van der Waals surface area contributed by atoms with E-state index in [2.05, 4.69) is 156 Å². The number of hydrogen-bond acceptors (Lipinski definition) is 24. The molecule has 8 saturated heterocycles. The summed E-state index contributed by atoms with van der Waals surface area (Å²) in [5, 5.41) is 78.0. The quantitative estimate of drug-likeness (QED) is 0.123. The van der Waals surface area contributed by atoms with Crippen molar-refractivity contribution in [1.82, 2.24) is 122 Å². The highest BCUT2D eigenvalue weighted by atomic mass is 15.4. The molecule has 8 heterocycles. The summed E-state index contributed by atoms with van der Waals surface area (Å²) in [7, 11) is 0.517. The van der Waals surface area contributed by atoms with Crippen LogP contribution < -0.4 is 108 Å². The van der Waals surface area contributed by atoms with Crippen LogP contribution in [-0.2, 0) is 0 Å². The van der Waals surface area contributed by atoms with Crippen LogP contribution in [0.5, 0.6) is 0 Å². The smallest absolute Gasteiger partial charge is 0.372 e. The zero-order chi connectivity index (χ0) is 34.0. The fourth-order valence-electron chi connectivity index (χ4n) is 8.21. The molecule has 24 nitrogen and oxygen atoms in total.